The molecule has 2 aliphatic rings. The highest BCUT2D eigenvalue weighted by Crippen LogP contribution is 2.49. The molecule has 7 heteroatoms. The number of carboxylic acid groups (broad SMARTS) is 1. The molecule has 5 nitrogen and oxygen atoms in total. The molecule has 0 radical (unpaired) electrons. The van der Waals surface area contributed by atoms with Crippen LogP contribution in [-0.4, -0.2) is 36.9 Å². The molecule has 0 unspecified atom stereocenters. The zero-order valence-corrected chi connectivity index (χ0v) is 14.0. The summed E-state index contributed by atoms with van der Waals surface area (Å²) >= 11 is 1.27. The minimum absolute atomic E-state index is 0.268. The number of rotatable bonds is 4. The van der Waals surface area contributed by atoms with Gasteiger partial charge in [0.1, 0.15) is 4.21 Å². The Balaban J connectivity index is 1.80. The number of aliphatic carboxylic acids is 1. The molecule has 22 heavy (non-hydrogen) atoms. The summed E-state index contributed by atoms with van der Waals surface area (Å²) in [7, 11) is -3.46. The van der Waals surface area contributed by atoms with E-state index in [0.717, 1.165) is 16.9 Å². The molecular formula is C15H19NO4S2. The third kappa shape index (κ3) is 2.41. The Kier molecular flexibility index (Phi) is 3.91. The van der Waals surface area contributed by atoms with Crippen molar-refractivity contribution in [1.29, 1.82) is 0 Å². The van der Waals surface area contributed by atoms with Gasteiger partial charge in [-0.3, -0.25) is 4.79 Å². The van der Waals surface area contributed by atoms with Crippen LogP contribution < -0.4 is 0 Å². The SMILES string of the molecule is Cc1ccc(S(=O)(=O)N2CC=C(C3(C(=O)O)CCC3)CC2)s1. The van der Waals surface area contributed by atoms with Crippen LogP contribution in [-0.2, 0) is 14.8 Å². The Bertz CT molecular complexity index is 728. The summed E-state index contributed by atoms with van der Waals surface area (Å²) in [6.45, 7) is 2.51. The molecule has 1 aromatic heterocycles. The van der Waals surface area contributed by atoms with Gasteiger partial charge in [-0.15, -0.1) is 11.3 Å². The van der Waals surface area contributed by atoms with Crippen molar-refractivity contribution in [1.82, 2.24) is 4.31 Å². The van der Waals surface area contributed by atoms with Gasteiger partial charge < -0.3 is 5.11 Å². The van der Waals surface area contributed by atoms with Crippen molar-refractivity contribution < 1.29 is 18.3 Å². The third-order valence-corrected chi connectivity index (χ3v) is 8.05. The van der Waals surface area contributed by atoms with E-state index >= 15 is 0 Å². The first-order valence-electron chi connectivity index (χ1n) is 7.36. The van der Waals surface area contributed by atoms with Gasteiger partial charge in [0.05, 0.1) is 5.41 Å². The largest absolute Gasteiger partial charge is 0.481 e. The van der Waals surface area contributed by atoms with Gasteiger partial charge in [0.2, 0.25) is 0 Å². The van der Waals surface area contributed by atoms with Gasteiger partial charge in [-0.2, -0.15) is 4.31 Å². The molecule has 1 fully saturated rings. The van der Waals surface area contributed by atoms with Crippen LogP contribution in [0.4, 0.5) is 0 Å². The smallest absolute Gasteiger partial charge is 0.313 e. The van der Waals surface area contributed by atoms with Crippen LogP contribution in [0.25, 0.3) is 0 Å². The maximum absolute atomic E-state index is 12.6. The molecule has 0 saturated heterocycles. The minimum Gasteiger partial charge on any atom is -0.481 e. The normalized spacial score (nSPS) is 22.0. The molecule has 3 rings (SSSR count). The summed E-state index contributed by atoms with van der Waals surface area (Å²) in [6, 6.07) is 3.44. The third-order valence-electron chi connectivity index (χ3n) is 4.71. The zero-order valence-electron chi connectivity index (χ0n) is 12.4. The van der Waals surface area contributed by atoms with E-state index in [2.05, 4.69) is 0 Å². The number of thiophene rings is 1. The molecule has 1 aliphatic carbocycles. The maximum atomic E-state index is 12.6. The van der Waals surface area contributed by atoms with E-state index in [9.17, 15) is 18.3 Å². The van der Waals surface area contributed by atoms with Gasteiger partial charge >= 0.3 is 5.97 Å². The minimum atomic E-state index is -3.46. The molecule has 0 bridgehead atoms. The van der Waals surface area contributed by atoms with Crippen LogP contribution in [0, 0.1) is 12.3 Å². The Morgan fingerprint density at radius 1 is 1.36 bits per heavy atom. The highest BCUT2D eigenvalue weighted by atomic mass is 32.2. The summed E-state index contributed by atoms with van der Waals surface area (Å²) in [6.07, 6.45) is 4.60. The number of hydrogen-bond acceptors (Lipinski definition) is 4. The lowest BCUT2D eigenvalue weighted by molar-refractivity contribution is -0.151. The fourth-order valence-corrected chi connectivity index (χ4v) is 6.00. The van der Waals surface area contributed by atoms with Crippen molar-refractivity contribution in [2.24, 2.45) is 5.41 Å². The number of carboxylic acids is 1. The Hall–Kier alpha value is -1.18. The van der Waals surface area contributed by atoms with Gasteiger partial charge in [0, 0.05) is 18.0 Å². The number of aryl methyl sites for hydroxylation is 1. The van der Waals surface area contributed by atoms with Crippen molar-refractivity contribution in [2.45, 2.75) is 36.8 Å². The second-order valence-corrected chi connectivity index (χ2v) is 9.40. The quantitative estimate of drug-likeness (QED) is 0.854. The second kappa shape index (κ2) is 5.47. The van der Waals surface area contributed by atoms with Crippen LogP contribution in [0.1, 0.15) is 30.6 Å². The molecule has 0 atom stereocenters. The Morgan fingerprint density at radius 3 is 2.50 bits per heavy atom. The van der Waals surface area contributed by atoms with Gasteiger partial charge in [-0.05, 0) is 38.3 Å². The van der Waals surface area contributed by atoms with Crippen LogP contribution in [0.5, 0.6) is 0 Å². The lowest BCUT2D eigenvalue weighted by atomic mass is 9.63. The average Bonchev–Trinajstić information content (AvgIpc) is 2.85. The summed E-state index contributed by atoms with van der Waals surface area (Å²) < 4.78 is 26.9. The van der Waals surface area contributed by atoms with Crippen molar-refractivity contribution in [3.8, 4) is 0 Å². The molecule has 1 aromatic rings. The van der Waals surface area contributed by atoms with Crippen LogP contribution in [0.2, 0.25) is 0 Å². The van der Waals surface area contributed by atoms with Gasteiger partial charge in [-0.25, -0.2) is 8.42 Å². The van der Waals surface area contributed by atoms with Crippen LogP contribution >= 0.6 is 11.3 Å². The monoisotopic (exact) mass is 341 g/mol. The second-order valence-electron chi connectivity index (χ2n) is 5.95. The molecule has 0 spiro atoms. The Labute approximate surface area is 134 Å². The molecule has 120 valence electrons. The highest BCUT2D eigenvalue weighted by molar-refractivity contribution is 7.91. The first kappa shape index (κ1) is 15.7. The lowest BCUT2D eigenvalue weighted by Crippen LogP contribution is -2.44. The molecule has 1 N–H and O–H groups in total. The summed E-state index contributed by atoms with van der Waals surface area (Å²) in [5.74, 6) is -0.768. The number of carbonyl (C=O) groups is 1. The first-order valence-corrected chi connectivity index (χ1v) is 9.61. The standard InChI is InChI=1S/C15H19NO4S2/c1-11-3-4-13(21-11)22(19,20)16-9-5-12(6-10-16)15(14(17)18)7-2-8-15/h3-5H,2,6-10H2,1H3,(H,17,18). The van der Waals surface area contributed by atoms with E-state index < -0.39 is 21.4 Å². The lowest BCUT2D eigenvalue weighted by Gasteiger charge is -2.42. The van der Waals surface area contributed by atoms with E-state index in [4.69, 9.17) is 0 Å². The van der Waals surface area contributed by atoms with E-state index in [1.165, 1.54) is 15.6 Å². The summed E-state index contributed by atoms with van der Waals surface area (Å²) in [5.41, 5.74) is 0.176. The molecule has 2 heterocycles. The molecule has 1 aliphatic heterocycles. The van der Waals surface area contributed by atoms with Gasteiger partial charge in [0.25, 0.3) is 10.0 Å². The van der Waals surface area contributed by atoms with Gasteiger partial charge in [-0.1, -0.05) is 18.1 Å². The Morgan fingerprint density at radius 2 is 2.09 bits per heavy atom. The topological polar surface area (TPSA) is 74.7 Å². The molecule has 0 aromatic carbocycles. The zero-order chi connectivity index (χ0) is 16.0. The number of hydrogen-bond donors (Lipinski definition) is 1. The highest BCUT2D eigenvalue weighted by Gasteiger charge is 2.48. The fourth-order valence-electron chi connectivity index (χ4n) is 3.18. The van der Waals surface area contributed by atoms with Crippen molar-refractivity contribution in [3.05, 3.63) is 28.7 Å². The molecule has 0 amide bonds. The molecule has 1 saturated carbocycles. The molecular weight excluding hydrogens is 322 g/mol. The van der Waals surface area contributed by atoms with E-state index in [1.807, 2.05) is 13.0 Å². The van der Waals surface area contributed by atoms with E-state index in [1.54, 1.807) is 12.1 Å². The van der Waals surface area contributed by atoms with E-state index in [0.29, 0.717) is 30.0 Å². The predicted octanol–water partition coefficient (Wildman–Crippen LogP) is 2.63. The van der Waals surface area contributed by atoms with Crippen molar-refractivity contribution in [2.75, 3.05) is 13.1 Å². The summed E-state index contributed by atoms with van der Waals surface area (Å²) in [5, 5.41) is 9.47. The predicted molar refractivity (Wildman–Crippen MR) is 84.4 cm³/mol. The summed E-state index contributed by atoms with van der Waals surface area (Å²) in [4.78, 5) is 12.5. The number of sulfonamides is 1. The fraction of sp³-hybridized carbons (Fsp3) is 0.533. The van der Waals surface area contributed by atoms with E-state index in [-0.39, 0.29) is 6.54 Å². The van der Waals surface area contributed by atoms with Crippen LogP contribution in [0.3, 0.4) is 0 Å². The first-order chi connectivity index (χ1) is 10.4. The van der Waals surface area contributed by atoms with Crippen molar-refractivity contribution in [3.63, 3.8) is 0 Å². The van der Waals surface area contributed by atoms with Crippen LogP contribution in [0.15, 0.2) is 28.0 Å². The van der Waals surface area contributed by atoms with Crippen molar-refractivity contribution >= 4 is 27.3 Å². The number of nitrogens with zero attached hydrogens (tertiary/aromatic N) is 1. The maximum Gasteiger partial charge on any atom is 0.313 e. The van der Waals surface area contributed by atoms with Gasteiger partial charge in [0.15, 0.2) is 0 Å². The average molecular weight is 341 g/mol.